The number of aromatic carboxylic acids is 1. The SMILES string of the molecule is O=Cc1c(C(=O)O)nn2ncccc12. The molecule has 0 amide bonds. The van der Waals surface area contributed by atoms with Gasteiger partial charge < -0.3 is 5.11 Å². The van der Waals surface area contributed by atoms with Crippen molar-refractivity contribution in [3.8, 4) is 0 Å². The van der Waals surface area contributed by atoms with Crippen LogP contribution in [0.15, 0.2) is 18.3 Å². The van der Waals surface area contributed by atoms with E-state index in [1.807, 2.05) is 0 Å². The van der Waals surface area contributed by atoms with Gasteiger partial charge >= 0.3 is 5.97 Å². The summed E-state index contributed by atoms with van der Waals surface area (Å²) in [6.07, 6.45) is 1.92. The van der Waals surface area contributed by atoms with Gasteiger partial charge in [0.25, 0.3) is 0 Å². The Bertz CT molecular complexity index is 518. The van der Waals surface area contributed by atoms with Gasteiger partial charge in [0.2, 0.25) is 0 Å². The molecule has 1 N–H and O–H groups in total. The minimum Gasteiger partial charge on any atom is -0.476 e. The normalized spacial score (nSPS) is 10.3. The second-order valence-electron chi connectivity index (χ2n) is 2.58. The van der Waals surface area contributed by atoms with Crippen LogP contribution in [0.1, 0.15) is 20.8 Å². The number of fused-ring (bicyclic) bond motifs is 1. The molecule has 2 heterocycles. The molecule has 2 rings (SSSR count). The van der Waals surface area contributed by atoms with E-state index in [0.717, 1.165) is 4.63 Å². The first-order valence-corrected chi connectivity index (χ1v) is 3.76. The molecule has 0 aliphatic heterocycles. The zero-order chi connectivity index (χ0) is 10.1. The highest BCUT2D eigenvalue weighted by molar-refractivity contribution is 6.00. The maximum atomic E-state index is 10.7. The van der Waals surface area contributed by atoms with Gasteiger partial charge in [-0.3, -0.25) is 4.79 Å². The highest BCUT2D eigenvalue weighted by Gasteiger charge is 2.17. The van der Waals surface area contributed by atoms with Crippen molar-refractivity contribution in [3.05, 3.63) is 29.6 Å². The Morgan fingerprint density at radius 1 is 1.57 bits per heavy atom. The van der Waals surface area contributed by atoms with E-state index in [1.165, 1.54) is 6.20 Å². The highest BCUT2D eigenvalue weighted by Crippen LogP contribution is 2.11. The van der Waals surface area contributed by atoms with Gasteiger partial charge in [0.15, 0.2) is 12.0 Å². The lowest BCUT2D eigenvalue weighted by atomic mass is 10.2. The third-order valence-electron chi connectivity index (χ3n) is 1.78. The number of rotatable bonds is 2. The summed E-state index contributed by atoms with van der Waals surface area (Å²) in [6.45, 7) is 0. The van der Waals surface area contributed by atoms with Crippen molar-refractivity contribution in [1.82, 2.24) is 14.8 Å². The van der Waals surface area contributed by atoms with Gasteiger partial charge in [-0.05, 0) is 12.1 Å². The average Bonchev–Trinajstić information content (AvgIpc) is 2.56. The number of hydrogen-bond donors (Lipinski definition) is 1. The molecule has 0 aromatic carbocycles. The Morgan fingerprint density at radius 2 is 2.36 bits per heavy atom. The van der Waals surface area contributed by atoms with Gasteiger partial charge in [-0.25, -0.2) is 4.79 Å². The van der Waals surface area contributed by atoms with Crippen LogP contribution < -0.4 is 0 Å². The standard InChI is InChI=1S/C8H5N3O3/c12-4-5-6-2-1-3-9-11(6)10-7(5)8(13)14/h1-4H,(H,13,14). The molecule has 0 atom stereocenters. The molecule has 2 aromatic rings. The molecule has 0 unspecified atom stereocenters. The molecular weight excluding hydrogens is 186 g/mol. The van der Waals surface area contributed by atoms with Crippen molar-refractivity contribution in [2.24, 2.45) is 0 Å². The van der Waals surface area contributed by atoms with Crippen LogP contribution in [-0.2, 0) is 0 Å². The topological polar surface area (TPSA) is 84.6 Å². The van der Waals surface area contributed by atoms with E-state index in [4.69, 9.17) is 5.11 Å². The van der Waals surface area contributed by atoms with Crippen LogP contribution in [0.2, 0.25) is 0 Å². The molecule has 0 spiro atoms. The molecule has 0 bridgehead atoms. The van der Waals surface area contributed by atoms with E-state index in [-0.39, 0.29) is 11.3 Å². The average molecular weight is 191 g/mol. The number of aldehydes is 1. The van der Waals surface area contributed by atoms with Crippen LogP contribution in [0, 0.1) is 0 Å². The number of nitrogens with zero attached hydrogens (tertiary/aromatic N) is 3. The molecule has 0 saturated heterocycles. The summed E-state index contributed by atoms with van der Waals surface area (Å²) in [5, 5.41) is 16.2. The minimum atomic E-state index is -1.24. The summed E-state index contributed by atoms with van der Waals surface area (Å²) in [5.41, 5.74) is 0.157. The summed E-state index contributed by atoms with van der Waals surface area (Å²) in [5.74, 6) is -1.24. The van der Waals surface area contributed by atoms with Gasteiger partial charge in [-0.2, -0.15) is 9.73 Å². The first kappa shape index (κ1) is 8.36. The molecule has 70 valence electrons. The number of carbonyl (C=O) groups excluding carboxylic acids is 1. The third kappa shape index (κ3) is 1.05. The highest BCUT2D eigenvalue weighted by atomic mass is 16.4. The van der Waals surface area contributed by atoms with Gasteiger partial charge in [0.05, 0.1) is 11.1 Å². The van der Waals surface area contributed by atoms with E-state index < -0.39 is 5.97 Å². The van der Waals surface area contributed by atoms with E-state index in [2.05, 4.69) is 10.2 Å². The Balaban J connectivity index is 2.85. The lowest BCUT2D eigenvalue weighted by Crippen LogP contribution is -2.01. The smallest absolute Gasteiger partial charge is 0.357 e. The molecular formula is C8H5N3O3. The molecule has 6 nitrogen and oxygen atoms in total. The maximum Gasteiger partial charge on any atom is 0.357 e. The summed E-state index contributed by atoms with van der Waals surface area (Å²) >= 11 is 0. The number of carbonyl (C=O) groups is 2. The fraction of sp³-hybridized carbons (Fsp3) is 0. The van der Waals surface area contributed by atoms with Crippen LogP contribution >= 0.6 is 0 Å². The zero-order valence-electron chi connectivity index (χ0n) is 6.91. The second kappa shape index (κ2) is 2.91. The third-order valence-corrected chi connectivity index (χ3v) is 1.78. The number of hydrogen-bond acceptors (Lipinski definition) is 4. The van der Waals surface area contributed by atoms with Gasteiger partial charge in [-0.15, -0.1) is 5.10 Å². The molecule has 14 heavy (non-hydrogen) atoms. The van der Waals surface area contributed by atoms with Gasteiger partial charge in [0.1, 0.15) is 0 Å². The van der Waals surface area contributed by atoms with Crippen molar-refractivity contribution < 1.29 is 14.7 Å². The molecule has 2 aromatic heterocycles. The van der Waals surface area contributed by atoms with Gasteiger partial charge in [-0.1, -0.05) is 0 Å². The lowest BCUT2D eigenvalue weighted by Gasteiger charge is -1.87. The van der Waals surface area contributed by atoms with E-state index >= 15 is 0 Å². The maximum absolute atomic E-state index is 10.7. The Kier molecular flexibility index (Phi) is 1.74. The van der Waals surface area contributed by atoms with Crippen LogP contribution in [0.4, 0.5) is 0 Å². The Hall–Kier alpha value is -2.24. The fourth-order valence-corrected chi connectivity index (χ4v) is 1.19. The van der Waals surface area contributed by atoms with Crippen molar-refractivity contribution in [1.29, 1.82) is 0 Å². The number of carboxylic acid groups (broad SMARTS) is 1. The molecule has 0 aliphatic rings. The Morgan fingerprint density at radius 3 is 3.00 bits per heavy atom. The summed E-state index contributed by atoms with van der Waals surface area (Å²) in [6, 6.07) is 3.19. The van der Waals surface area contributed by atoms with E-state index in [9.17, 15) is 9.59 Å². The fourth-order valence-electron chi connectivity index (χ4n) is 1.19. The molecule has 0 aliphatic carbocycles. The summed E-state index contributed by atoms with van der Waals surface area (Å²) < 4.78 is 1.12. The molecule has 0 saturated carbocycles. The summed E-state index contributed by atoms with van der Waals surface area (Å²) in [4.78, 5) is 21.4. The minimum absolute atomic E-state index is 0.0469. The summed E-state index contributed by atoms with van der Waals surface area (Å²) in [7, 11) is 0. The largest absolute Gasteiger partial charge is 0.476 e. The first-order valence-electron chi connectivity index (χ1n) is 3.76. The lowest BCUT2D eigenvalue weighted by molar-refractivity contribution is 0.0687. The van der Waals surface area contributed by atoms with Crippen molar-refractivity contribution in [3.63, 3.8) is 0 Å². The van der Waals surface area contributed by atoms with Crippen molar-refractivity contribution in [2.45, 2.75) is 0 Å². The van der Waals surface area contributed by atoms with Crippen molar-refractivity contribution in [2.75, 3.05) is 0 Å². The van der Waals surface area contributed by atoms with E-state index in [0.29, 0.717) is 11.8 Å². The van der Waals surface area contributed by atoms with E-state index in [1.54, 1.807) is 12.1 Å². The quantitative estimate of drug-likeness (QED) is 0.687. The zero-order valence-corrected chi connectivity index (χ0v) is 6.91. The molecule has 0 fully saturated rings. The van der Waals surface area contributed by atoms with Crippen LogP contribution in [0.5, 0.6) is 0 Å². The predicted octanol–water partition coefficient (Wildman–Crippen LogP) is 0.240. The molecule has 6 heteroatoms. The number of carboxylic acids is 1. The van der Waals surface area contributed by atoms with Crippen LogP contribution in [-0.4, -0.2) is 32.2 Å². The number of aromatic nitrogens is 3. The predicted molar refractivity (Wildman–Crippen MR) is 45.3 cm³/mol. The van der Waals surface area contributed by atoms with Crippen LogP contribution in [0.3, 0.4) is 0 Å². The van der Waals surface area contributed by atoms with Crippen molar-refractivity contribution >= 4 is 17.8 Å². The Labute approximate surface area is 77.8 Å². The monoisotopic (exact) mass is 191 g/mol. The second-order valence-corrected chi connectivity index (χ2v) is 2.58. The first-order chi connectivity index (χ1) is 6.74. The van der Waals surface area contributed by atoms with Gasteiger partial charge in [0, 0.05) is 6.20 Å². The van der Waals surface area contributed by atoms with Crippen LogP contribution in [0.25, 0.3) is 5.52 Å². The molecule has 0 radical (unpaired) electrons.